The van der Waals surface area contributed by atoms with Gasteiger partial charge in [-0.3, -0.25) is 9.59 Å². The highest BCUT2D eigenvalue weighted by Gasteiger charge is 2.40. The van der Waals surface area contributed by atoms with Gasteiger partial charge in [-0.1, -0.05) is 29.8 Å². The molecule has 3 rings (SSSR count). The highest BCUT2D eigenvalue weighted by molar-refractivity contribution is 6.31. The lowest BCUT2D eigenvalue weighted by Crippen LogP contribution is -2.24. The maximum atomic E-state index is 13.8. The van der Waals surface area contributed by atoms with Gasteiger partial charge in [-0.2, -0.15) is 18.3 Å². The molecule has 0 bridgehead atoms. The molecule has 10 heteroatoms. The Labute approximate surface area is 174 Å². The number of para-hydroxylation sites is 1. The van der Waals surface area contributed by atoms with E-state index in [1.165, 1.54) is 31.3 Å². The summed E-state index contributed by atoms with van der Waals surface area (Å²) >= 11 is 5.98. The lowest BCUT2D eigenvalue weighted by molar-refractivity contribution is -0.143. The quantitative estimate of drug-likeness (QED) is 0.633. The predicted molar refractivity (Wildman–Crippen MR) is 106 cm³/mol. The largest absolute Gasteiger partial charge is 0.434 e. The summed E-state index contributed by atoms with van der Waals surface area (Å²) in [6.07, 6.45) is -4.01. The van der Waals surface area contributed by atoms with Crippen molar-refractivity contribution in [3.63, 3.8) is 0 Å². The molecule has 6 nitrogen and oxygen atoms in total. The number of carbonyl (C=O) groups excluding carboxylic acids is 2. The van der Waals surface area contributed by atoms with Crippen LogP contribution in [0.3, 0.4) is 0 Å². The summed E-state index contributed by atoms with van der Waals surface area (Å²) in [5.74, 6) is -1.60. The van der Waals surface area contributed by atoms with E-state index >= 15 is 0 Å². The van der Waals surface area contributed by atoms with Gasteiger partial charge in [0.1, 0.15) is 0 Å². The second kappa shape index (κ2) is 8.19. The van der Waals surface area contributed by atoms with Gasteiger partial charge in [0.25, 0.3) is 11.8 Å². The van der Waals surface area contributed by atoms with Crippen molar-refractivity contribution < 1.29 is 22.8 Å². The van der Waals surface area contributed by atoms with Crippen LogP contribution in [-0.4, -0.2) is 28.6 Å². The molecule has 0 atom stereocenters. The lowest BCUT2D eigenvalue weighted by atomic mass is 10.1. The normalized spacial score (nSPS) is 11.3. The Bertz CT molecular complexity index is 1110. The van der Waals surface area contributed by atoms with Crippen LogP contribution in [0.5, 0.6) is 0 Å². The zero-order valence-electron chi connectivity index (χ0n) is 15.8. The molecule has 0 radical (unpaired) electrons. The van der Waals surface area contributed by atoms with Crippen molar-refractivity contribution in [1.29, 1.82) is 0 Å². The fourth-order valence-electron chi connectivity index (χ4n) is 2.96. The van der Waals surface area contributed by atoms with E-state index in [4.69, 9.17) is 11.6 Å². The second-order valence-corrected chi connectivity index (χ2v) is 6.77. The Morgan fingerprint density at radius 2 is 1.73 bits per heavy atom. The number of halogens is 4. The van der Waals surface area contributed by atoms with Crippen molar-refractivity contribution >= 4 is 29.1 Å². The third kappa shape index (κ3) is 4.16. The minimum Gasteiger partial charge on any atom is -0.355 e. The summed E-state index contributed by atoms with van der Waals surface area (Å²) in [7, 11) is 1.38. The highest BCUT2D eigenvalue weighted by Crippen LogP contribution is 2.34. The highest BCUT2D eigenvalue weighted by atomic mass is 35.5. The summed E-state index contributed by atoms with van der Waals surface area (Å²) in [5, 5.41) is 8.82. The van der Waals surface area contributed by atoms with Crippen molar-refractivity contribution in [3.05, 3.63) is 76.1 Å². The van der Waals surface area contributed by atoms with E-state index < -0.39 is 29.2 Å². The van der Waals surface area contributed by atoms with Gasteiger partial charge in [0.15, 0.2) is 5.69 Å². The van der Waals surface area contributed by atoms with Crippen LogP contribution in [0.4, 0.5) is 18.9 Å². The zero-order valence-corrected chi connectivity index (χ0v) is 16.6. The summed E-state index contributed by atoms with van der Waals surface area (Å²) in [5.41, 5.74) is -1.25. The summed E-state index contributed by atoms with van der Waals surface area (Å²) in [6, 6.07) is 10.5. The van der Waals surface area contributed by atoms with Crippen molar-refractivity contribution in [2.24, 2.45) is 0 Å². The van der Waals surface area contributed by atoms with Crippen LogP contribution in [0.2, 0.25) is 5.02 Å². The van der Waals surface area contributed by atoms with Crippen LogP contribution in [0, 0.1) is 6.92 Å². The molecular weight excluding hydrogens is 421 g/mol. The van der Waals surface area contributed by atoms with E-state index in [1.807, 2.05) is 0 Å². The fraction of sp³-hybridized carbons (Fsp3) is 0.150. The standard InChI is InChI=1S/C20H16ClF3N4O2/c1-11-8-12(21)9-14(18(29)25-2)16(11)27-19(30)15-10-26-28(17(15)20(22,23)24)13-6-4-3-5-7-13/h3-10H,1-2H3,(H,25,29)(H,27,30). The lowest BCUT2D eigenvalue weighted by Gasteiger charge is -2.15. The third-order valence-corrected chi connectivity index (χ3v) is 4.51. The molecule has 0 saturated heterocycles. The number of nitrogens with zero attached hydrogens (tertiary/aromatic N) is 2. The Balaban J connectivity index is 2.08. The van der Waals surface area contributed by atoms with Crippen LogP contribution in [0.15, 0.2) is 48.7 Å². The summed E-state index contributed by atoms with van der Waals surface area (Å²) in [4.78, 5) is 25.0. The van der Waals surface area contributed by atoms with E-state index in [1.54, 1.807) is 25.1 Å². The predicted octanol–water partition coefficient (Wildman–Crippen LogP) is 4.46. The molecule has 3 aromatic rings. The molecule has 1 heterocycles. The number of alkyl halides is 3. The monoisotopic (exact) mass is 436 g/mol. The first-order valence-corrected chi connectivity index (χ1v) is 9.05. The van der Waals surface area contributed by atoms with Gasteiger partial charge in [0, 0.05) is 12.1 Å². The van der Waals surface area contributed by atoms with Crippen LogP contribution < -0.4 is 10.6 Å². The molecule has 30 heavy (non-hydrogen) atoms. The minimum absolute atomic E-state index is 0.0276. The molecular formula is C20H16ClF3N4O2. The van der Waals surface area contributed by atoms with Crippen molar-refractivity contribution in [3.8, 4) is 5.69 Å². The average Bonchev–Trinajstić information content (AvgIpc) is 3.15. The number of aromatic nitrogens is 2. The number of anilines is 1. The number of hydrogen-bond acceptors (Lipinski definition) is 3. The number of amides is 2. The molecule has 0 fully saturated rings. The molecule has 0 aliphatic carbocycles. The average molecular weight is 437 g/mol. The molecule has 2 amide bonds. The van der Waals surface area contributed by atoms with Gasteiger partial charge in [-0.25, -0.2) is 4.68 Å². The third-order valence-electron chi connectivity index (χ3n) is 4.29. The molecule has 0 aliphatic heterocycles. The molecule has 0 aliphatic rings. The van der Waals surface area contributed by atoms with Gasteiger partial charge in [-0.15, -0.1) is 0 Å². The van der Waals surface area contributed by atoms with E-state index in [0.717, 1.165) is 6.20 Å². The van der Waals surface area contributed by atoms with Gasteiger partial charge in [0.2, 0.25) is 0 Å². The molecule has 0 spiro atoms. The molecule has 2 aromatic carbocycles. The van der Waals surface area contributed by atoms with E-state index in [0.29, 0.717) is 10.2 Å². The first-order chi connectivity index (χ1) is 14.1. The topological polar surface area (TPSA) is 76.0 Å². The molecule has 2 N–H and O–H groups in total. The zero-order chi connectivity index (χ0) is 22.1. The number of hydrogen-bond donors (Lipinski definition) is 2. The van der Waals surface area contributed by atoms with Gasteiger partial charge in [0.05, 0.1) is 28.7 Å². The van der Waals surface area contributed by atoms with Gasteiger partial charge < -0.3 is 10.6 Å². The molecule has 156 valence electrons. The Kier molecular flexibility index (Phi) is 5.84. The van der Waals surface area contributed by atoms with Crippen molar-refractivity contribution in [1.82, 2.24) is 15.1 Å². The molecule has 0 saturated carbocycles. The molecule has 1 aromatic heterocycles. The minimum atomic E-state index is -4.85. The number of benzene rings is 2. The van der Waals surface area contributed by atoms with Crippen molar-refractivity contribution in [2.45, 2.75) is 13.1 Å². The number of aryl methyl sites for hydroxylation is 1. The second-order valence-electron chi connectivity index (χ2n) is 6.33. The van der Waals surface area contributed by atoms with Crippen LogP contribution >= 0.6 is 11.6 Å². The Hall–Kier alpha value is -3.33. The number of carbonyl (C=O) groups is 2. The fourth-order valence-corrected chi connectivity index (χ4v) is 3.23. The maximum absolute atomic E-state index is 13.8. The van der Waals surface area contributed by atoms with E-state index in [9.17, 15) is 22.8 Å². The Morgan fingerprint density at radius 1 is 1.07 bits per heavy atom. The number of nitrogens with one attached hydrogen (secondary N) is 2. The van der Waals surface area contributed by atoms with Crippen LogP contribution in [0.25, 0.3) is 5.69 Å². The van der Waals surface area contributed by atoms with Crippen LogP contribution in [0.1, 0.15) is 32.0 Å². The van der Waals surface area contributed by atoms with E-state index in [-0.39, 0.29) is 22.0 Å². The smallest absolute Gasteiger partial charge is 0.355 e. The maximum Gasteiger partial charge on any atom is 0.434 e. The first kappa shape index (κ1) is 21.4. The van der Waals surface area contributed by atoms with Gasteiger partial charge >= 0.3 is 6.18 Å². The summed E-state index contributed by atoms with van der Waals surface area (Å²) in [6.45, 7) is 1.58. The van der Waals surface area contributed by atoms with Crippen LogP contribution in [-0.2, 0) is 6.18 Å². The number of rotatable bonds is 4. The summed E-state index contributed by atoms with van der Waals surface area (Å²) < 4.78 is 42.1. The molecule has 0 unspecified atom stereocenters. The van der Waals surface area contributed by atoms with Crippen molar-refractivity contribution in [2.75, 3.05) is 12.4 Å². The Morgan fingerprint density at radius 3 is 2.33 bits per heavy atom. The van der Waals surface area contributed by atoms with E-state index in [2.05, 4.69) is 15.7 Å². The van der Waals surface area contributed by atoms with Gasteiger partial charge in [-0.05, 0) is 36.8 Å². The SMILES string of the molecule is CNC(=O)c1cc(Cl)cc(C)c1NC(=O)c1cnn(-c2ccccc2)c1C(F)(F)F. The first-order valence-electron chi connectivity index (χ1n) is 8.67.